The molecule has 17 heavy (non-hydrogen) atoms. The van der Waals surface area contributed by atoms with Crippen LogP contribution in [0.1, 0.15) is 13.8 Å². The van der Waals surface area contributed by atoms with Crippen molar-refractivity contribution in [3.8, 4) is 0 Å². The highest BCUT2D eigenvalue weighted by molar-refractivity contribution is 6.19. The Labute approximate surface area is 108 Å². The van der Waals surface area contributed by atoms with Gasteiger partial charge in [-0.05, 0) is 26.0 Å². The molecule has 0 N–H and O–H groups in total. The topological polar surface area (TPSA) is 34.1 Å². The molecule has 2 aliphatic heterocycles. The minimum atomic E-state index is -0.381. The highest BCUT2D eigenvalue weighted by atomic mass is 27.2. The molecule has 1 fully saturated rings. The van der Waals surface area contributed by atoms with Crippen molar-refractivity contribution in [1.82, 2.24) is 0 Å². The molecule has 1 radical (unpaired) electrons. The molecular formula is C12H14AlN2O2. The van der Waals surface area contributed by atoms with E-state index < -0.39 is 0 Å². The molecule has 5 heteroatoms. The lowest BCUT2D eigenvalue weighted by Gasteiger charge is -2.36. The maximum absolute atomic E-state index is 5.78. The molecule has 2 heterocycles. The Hall–Kier alpha value is -0.858. The molecule has 0 saturated carbocycles. The molecule has 87 valence electrons. The number of fused-ring (bicyclic) bond motifs is 1. The molecule has 3 atom stereocenters. The molecule has 3 rings (SSSR count). The van der Waals surface area contributed by atoms with Gasteiger partial charge in [0.05, 0.1) is 11.6 Å². The van der Waals surface area contributed by atoms with Crippen LogP contribution in [-0.4, -0.2) is 33.9 Å². The number of nitrogens with zero attached hydrogens (tertiary/aromatic N) is 2. The van der Waals surface area contributed by atoms with Crippen LogP contribution in [0.25, 0.3) is 0 Å². The van der Waals surface area contributed by atoms with Crippen molar-refractivity contribution in [3.05, 3.63) is 30.3 Å². The summed E-state index contributed by atoms with van der Waals surface area (Å²) in [5, 5.41) is 6.59. The highest BCUT2D eigenvalue weighted by Crippen LogP contribution is 2.33. The number of para-hydroxylation sites is 1. The Morgan fingerprint density at radius 1 is 1.24 bits per heavy atom. The number of rotatable bonds is 1. The summed E-state index contributed by atoms with van der Waals surface area (Å²) in [4.78, 5) is 0. The van der Waals surface area contributed by atoms with E-state index in [1.807, 2.05) is 30.1 Å². The fourth-order valence-electron chi connectivity index (χ4n) is 2.41. The predicted molar refractivity (Wildman–Crippen MR) is 66.7 cm³/mol. The molecule has 1 aromatic rings. The van der Waals surface area contributed by atoms with E-state index in [-0.39, 0.29) is 34.1 Å². The Bertz CT molecular complexity index is 437. The Morgan fingerprint density at radius 3 is 2.76 bits per heavy atom. The Morgan fingerprint density at radius 2 is 2.00 bits per heavy atom. The van der Waals surface area contributed by atoms with Crippen LogP contribution >= 0.6 is 0 Å². The van der Waals surface area contributed by atoms with E-state index >= 15 is 0 Å². The average molecular weight is 245 g/mol. The quantitative estimate of drug-likeness (QED) is 0.707. The van der Waals surface area contributed by atoms with Crippen LogP contribution in [0, 0.1) is 5.92 Å². The maximum atomic E-state index is 5.78. The zero-order valence-electron chi connectivity index (χ0n) is 9.91. The second-order valence-electron chi connectivity index (χ2n) is 4.41. The SMILES string of the molecule is CC1=NN(c2ccccc2)C2[O][Al][O]C(C)C12. The fraction of sp³-hybridized carbons (Fsp3) is 0.417. The summed E-state index contributed by atoms with van der Waals surface area (Å²) >= 11 is -0.381. The van der Waals surface area contributed by atoms with Crippen molar-refractivity contribution >= 4 is 27.3 Å². The van der Waals surface area contributed by atoms with Gasteiger partial charge in [-0.1, -0.05) is 18.2 Å². The van der Waals surface area contributed by atoms with Gasteiger partial charge in [0.1, 0.15) is 6.23 Å². The van der Waals surface area contributed by atoms with Crippen molar-refractivity contribution < 1.29 is 7.58 Å². The molecule has 0 amide bonds. The summed E-state index contributed by atoms with van der Waals surface area (Å²) in [5.41, 5.74) is 2.17. The van der Waals surface area contributed by atoms with Crippen LogP contribution in [0.15, 0.2) is 35.4 Å². The van der Waals surface area contributed by atoms with E-state index in [1.54, 1.807) is 0 Å². The normalized spacial score (nSPS) is 31.8. The number of hydrogen-bond acceptors (Lipinski definition) is 4. The van der Waals surface area contributed by atoms with Gasteiger partial charge < -0.3 is 7.58 Å². The van der Waals surface area contributed by atoms with Gasteiger partial charge >= 0.3 is 15.9 Å². The molecule has 2 aliphatic rings. The zero-order chi connectivity index (χ0) is 11.8. The van der Waals surface area contributed by atoms with Crippen molar-refractivity contribution in [2.45, 2.75) is 26.2 Å². The molecule has 1 aromatic carbocycles. The lowest BCUT2D eigenvalue weighted by Crippen LogP contribution is -2.47. The average Bonchev–Trinajstić information content (AvgIpc) is 2.69. The molecule has 0 bridgehead atoms. The van der Waals surface area contributed by atoms with E-state index in [2.05, 4.69) is 24.2 Å². The number of benzene rings is 1. The fourth-order valence-corrected chi connectivity index (χ4v) is 3.22. The first-order chi connectivity index (χ1) is 8.27. The van der Waals surface area contributed by atoms with Gasteiger partial charge in [0.15, 0.2) is 0 Å². The van der Waals surface area contributed by atoms with Gasteiger partial charge in [-0.3, -0.25) is 0 Å². The maximum Gasteiger partial charge on any atom is 0.670 e. The molecule has 0 aromatic heterocycles. The third-order valence-electron chi connectivity index (χ3n) is 3.29. The van der Waals surface area contributed by atoms with Crippen molar-refractivity contribution in [2.24, 2.45) is 11.0 Å². The Kier molecular flexibility index (Phi) is 2.93. The first-order valence-corrected chi connectivity index (χ1v) is 6.73. The number of hydrazone groups is 1. The largest absolute Gasteiger partial charge is 0.670 e. The van der Waals surface area contributed by atoms with Crippen LogP contribution in [0.4, 0.5) is 5.69 Å². The minimum absolute atomic E-state index is 0.0103. The van der Waals surface area contributed by atoms with Gasteiger partial charge in [0.25, 0.3) is 0 Å². The van der Waals surface area contributed by atoms with E-state index in [1.165, 1.54) is 0 Å². The summed E-state index contributed by atoms with van der Waals surface area (Å²) in [6, 6.07) is 10.1. The van der Waals surface area contributed by atoms with Crippen LogP contribution in [0.2, 0.25) is 0 Å². The number of hydrogen-bond donors (Lipinski definition) is 0. The monoisotopic (exact) mass is 245 g/mol. The summed E-state index contributed by atoms with van der Waals surface area (Å²) < 4.78 is 11.4. The van der Waals surface area contributed by atoms with Gasteiger partial charge in [-0.25, -0.2) is 5.01 Å². The molecule has 0 spiro atoms. The van der Waals surface area contributed by atoms with E-state index in [0.717, 1.165) is 11.4 Å². The van der Waals surface area contributed by atoms with Crippen LogP contribution in [0.3, 0.4) is 0 Å². The molecule has 3 unspecified atom stereocenters. The summed E-state index contributed by atoms with van der Waals surface area (Å²) in [7, 11) is 0. The van der Waals surface area contributed by atoms with E-state index in [4.69, 9.17) is 7.58 Å². The summed E-state index contributed by atoms with van der Waals surface area (Å²) in [6.07, 6.45) is 0.206. The predicted octanol–water partition coefficient (Wildman–Crippen LogP) is 1.79. The van der Waals surface area contributed by atoms with Crippen molar-refractivity contribution in [1.29, 1.82) is 0 Å². The smallest absolute Gasteiger partial charge is 0.481 e. The zero-order valence-corrected chi connectivity index (χ0v) is 11.1. The van der Waals surface area contributed by atoms with Crippen molar-refractivity contribution in [2.75, 3.05) is 5.01 Å². The lowest BCUT2D eigenvalue weighted by molar-refractivity contribution is 0.0176. The van der Waals surface area contributed by atoms with Gasteiger partial charge in [0, 0.05) is 11.8 Å². The molecule has 4 nitrogen and oxygen atoms in total. The third kappa shape index (κ3) is 1.90. The first kappa shape index (κ1) is 11.2. The first-order valence-electron chi connectivity index (χ1n) is 5.79. The summed E-state index contributed by atoms with van der Waals surface area (Å²) in [5.74, 6) is 0.247. The van der Waals surface area contributed by atoms with Gasteiger partial charge in [-0.2, -0.15) is 5.10 Å². The second-order valence-corrected chi connectivity index (χ2v) is 5.15. The summed E-state index contributed by atoms with van der Waals surface area (Å²) in [6.45, 7) is 4.14. The van der Waals surface area contributed by atoms with Crippen LogP contribution < -0.4 is 5.01 Å². The molecule has 1 saturated heterocycles. The standard InChI is InChI=1S/C12H14N2O2.Al/c1-8-11(9(2)15)12(16)14(13-8)10-6-4-3-5-7-10;/h3-7,9,11-12H,1-2H3;/q-2;+2. The highest BCUT2D eigenvalue weighted by Gasteiger charge is 2.43. The van der Waals surface area contributed by atoms with Crippen molar-refractivity contribution in [3.63, 3.8) is 0 Å². The Balaban J connectivity index is 1.93. The van der Waals surface area contributed by atoms with E-state index in [9.17, 15) is 0 Å². The van der Waals surface area contributed by atoms with Crippen LogP contribution in [-0.2, 0) is 7.58 Å². The lowest BCUT2D eigenvalue weighted by atomic mass is 9.98. The van der Waals surface area contributed by atoms with Gasteiger partial charge in [0.2, 0.25) is 0 Å². The number of anilines is 1. The molecular weight excluding hydrogens is 231 g/mol. The van der Waals surface area contributed by atoms with Crippen LogP contribution in [0.5, 0.6) is 0 Å². The van der Waals surface area contributed by atoms with E-state index in [0.29, 0.717) is 0 Å². The third-order valence-corrected chi connectivity index (χ3v) is 4.22. The van der Waals surface area contributed by atoms with Gasteiger partial charge in [-0.15, -0.1) is 0 Å². The minimum Gasteiger partial charge on any atom is -0.481 e. The molecule has 0 aliphatic carbocycles. The second kappa shape index (κ2) is 4.43.